The van der Waals surface area contributed by atoms with Crippen molar-refractivity contribution in [2.45, 2.75) is 24.4 Å². The molecule has 2 saturated heterocycles. The molecule has 0 saturated carbocycles. The van der Waals surface area contributed by atoms with Crippen LogP contribution in [0.1, 0.15) is 23.3 Å². The Labute approximate surface area is 212 Å². The summed E-state index contributed by atoms with van der Waals surface area (Å²) >= 11 is 0. The van der Waals surface area contributed by atoms with Crippen LogP contribution >= 0.6 is 0 Å². The van der Waals surface area contributed by atoms with Gasteiger partial charge in [0, 0.05) is 0 Å². The Morgan fingerprint density at radius 1 is 0.564 bits per heavy atom. The SMILES string of the molecule is O=[N+]([O-])c1cc([N+](=O)[O-])c(C(OC(c2c([N+](=O)[O-])cc([N+](=O)[O-])cc2[N+](=O)[O-])C2CO2)C2CO2)c([N+](=O)[O-])c1. The number of epoxide rings is 2. The first-order valence-electron chi connectivity index (χ1n) is 10.4. The summed E-state index contributed by atoms with van der Waals surface area (Å²) in [4.78, 5) is 62.9. The molecule has 204 valence electrons. The average Bonchev–Trinajstić information content (AvgIpc) is 3.77. The minimum absolute atomic E-state index is 0.182. The fourth-order valence-electron chi connectivity index (χ4n) is 3.92. The van der Waals surface area contributed by atoms with Crippen molar-refractivity contribution in [3.05, 3.63) is 96.1 Å². The number of non-ortho nitro benzene ring substituents is 2. The fourth-order valence-corrected chi connectivity index (χ4v) is 3.92. The van der Waals surface area contributed by atoms with Crippen molar-refractivity contribution < 1.29 is 43.8 Å². The predicted octanol–water partition coefficient (Wildman–Crippen LogP) is 2.73. The van der Waals surface area contributed by atoms with Gasteiger partial charge in [0.15, 0.2) is 0 Å². The maximum Gasteiger partial charge on any atom is 0.289 e. The number of hydrogen-bond donors (Lipinski definition) is 0. The van der Waals surface area contributed by atoms with Crippen LogP contribution in [0.4, 0.5) is 34.1 Å². The van der Waals surface area contributed by atoms with Gasteiger partial charge in [-0.3, -0.25) is 60.7 Å². The molecule has 21 heteroatoms. The van der Waals surface area contributed by atoms with Crippen LogP contribution in [0, 0.1) is 60.7 Å². The molecule has 0 spiro atoms. The van der Waals surface area contributed by atoms with Crippen molar-refractivity contribution in [2.75, 3.05) is 13.2 Å². The van der Waals surface area contributed by atoms with Crippen molar-refractivity contribution in [3.63, 3.8) is 0 Å². The van der Waals surface area contributed by atoms with Crippen LogP contribution in [-0.4, -0.2) is 55.0 Å². The maximum absolute atomic E-state index is 11.8. The zero-order chi connectivity index (χ0) is 28.8. The van der Waals surface area contributed by atoms with E-state index in [1.165, 1.54) is 0 Å². The summed E-state index contributed by atoms with van der Waals surface area (Å²) in [5.74, 6) is 0. The third-order valence-corrected chi connectivity index (χ3v) is 5.71. The van der Waals surface area contributed by atoms with Crippen molar-refractivity contribution in [3.8, 4) is 0 Å². The first-order valence-corrected chi connectivity index (χ1v) is 10.4. The summed E-state index contributed by atoms with van der Waals surface area (Å²) in [5.41, 5.74) is -8.02. The van der Waals surface area contributed by atoms with E-state index in [4.69, 9.17) is 14.2 Å². The quantitative estimate of drug-likeness (QED) is 0.207. The molecule has 0 radical (unpaired) electrons. The van der Waals surface area contributed by atoms with E-state index < -0.39 is 99.2 Å². The molecular formula is C18H12N6O15. The highest BCUT2D eigenvalue weighted by Gasteiger charge is 2.51. The van der Waals surface area contributed by atoms with Gasteiger partial charge in [0.2, 0.25) is 0 Å². The lowest BCUT2D eigenvalue weighted by Crippen LogP contribution is -2.22. The molecule has 39 heavy (non-hydrogen) atoms. The Kier molecular flexibility index (Phi) is 6.78. The van der Waals surface area contributed by atoms with E-state index in [0.717, 1.165) is 0 Å². The molecule has 2 aliphatic heterocycles. The fraction of sp³-hybridized carbons (Fsp3) is 0.333. The minimum atomic E-state index is -1.80. The van der Waals surface area contributed by atoms with E-state index in [2.05, 4.69) is 0 Å². The summed E-state index contributed by atoms with van der Waals surface area (Å²) in [6.07, 6.45) is -5.87. The van der Waals surface area contributed by atoms with Gasteiger partial charge in [-0.1, -0.05) is 0 Å². The van der Waals surface area contributed by atoms with Gasteiger partial charge in [0.05, 0.1) is 67.0 Å². The van der Waals surface area contributed by atoms with Gasteiger partial charge >= 0.3 is 0 Å². The van der Waals surface area contributed by atoms with Crippen molar-refractivity contribution in [1.29, 1.82) is 0 Å². The van der Waals surface area contributed by atoms with Crippen LogP contribution in [0.25, 0.3) is 0 Å². The first kappa shape index (κ1) is 26.8. The topological polar surface area (TPSA) is 293 Å². The zero-order valence-corrected chi connectivity index (χ0v) is 18.8. The second kappa shape index (κ2) is 9.88. The Hall–Kier alpha value is -5.28. The van der Waals surface area contributed by atoms with Crippen molar-refractivity contribution in [2.24, 2.45) is 0 Å². The normalized spacial score (nSPS) is 19.0. The highest BCUT2D eigenvalue weighted by molar-refractivity contribution is 5.64. The molecule has 0 aliphatic carbocycles. The summed E-state index contributed by atoms with van der Waals surface area (Å²) < 4.78 is 16.1. The van der Waals surface area contributed by atoms with Gasteiger partial charge in [0.1, 0.15) is 35.5 Å². The van der Waals surface area contributed by atoms with Crippen LogP contribution < -0.4 is 0 Å². The second-order valence-electron chi connectivity index (χ2n) is 8.06. The Morgan fingerprint density at radius 2 is 0.821 bits per heavy atom. The number of rotatable bonds is 12. The minimum Gasteiger partial charge on any atom is -0.370 e. The largest absolute Gasteiger partial charge is 0.370 e. The van der Waals surface area contributed by atoms with E-state index in [-0.39, 0.29) is 13.2 Å². The number of nitro groups is 6. The zero-order valence-electron chi connectivity index (χ0n) is 18.8. The Morgan fingerprint density at radius 3 is 1.00 bits per heavy atom. The van der Waals surface area contributed by atoms with Gasteiger partial charge in [-0.2, -0.15) is 0 Å². The molecule has 2 aromatic rings. The highest BCUT2D eigenvalue weighted by Crippen LogP contribution is 2.50. The third-order valence-electron chi connectivity index (χ3n) is 5.71. The first-order chi connectivity index (χ1) is 18.3. The van der Waals surface area contributed by atoms with E-state index in [1.807, 2.05) is 0 Å². The van der Waals surface area contributed by atoms with Gasteiger partial charge in [-0.15, -0.1) is 0 Å². The number of hydrogen-bond acceptors (Lipinski definition) is 15. The number of nitrogens with zero attached hydrogens (tertiary/aromatic N) is 6. The molecule has 2 aliphatic rings. The lowest BCUT2D eigenvalue weighted by Gasteiger charge is -2.23. The molecular weight excluding hydrogens is 540 g/mol. The summed E-state index contributed by atoms with van der Waals surface area (Å²) in [7, 11) is 0. The second-order valence-corrected chi connectivity index (χ2v) is 8.06. The predicted molar refractivity (Wildman–Crippen MR) is 119 cm³/mol. The average molecular weight is 552 g/mol. The van der Waals surface area contributed by atoms with E-state index in [9.17, 15) is 60.7 Å². The van der Waals surface area contributed by atoms with Crippen LogP contribution in [0.2, 0.25) is 0 Å². The van der Waals surface area contributed by atoms with Gasteiger partial charge < -0.3 is 14.2 Å². The lowest BCUT2D eigenvalue weighted by molar-refractivity contribution is -0.405. The summed E-state index contributed by atoms with van der Waals surface area (Å²) in [5, 5.41) is 69.7. The molecule has 2 fully saturated rings. The van der Waals surface area contributed by atoms with Gasteiger partial charge in [-0.05, 0) is 0 Å². The van der Waals surface area contributed by atoms with Gasteiger partial charge in [-0.25, -0.2) is 0 Å². The molecule has 2 aromatic carbocycles. The van der Waals surface area contributed by atoms with Crippen LogP contribution in [0.3, 0.4) is 0 Å². The molecule has 4 atom stereocenters. The molecule has 0 N–H and O–H groups in total. The molecule has 4 unspecified atom stereocenters. The van der Waals surface area contributed by atoms with Crippen molar-refractivity contribution in [1.82, 2.24) is 0 Å². The van der Waals surface area contributed by atoms with Crippen LogP contribution in [-0.2, 0) is 14.2 Å². The number of benzene rings is 2. The maximum atomic E-state index is 11.8. The molecule has 4 rings (SSSR count). The smallest absolute Gasteiger partial charge is 0.289 e. The Bertz CT molecular complexity index is 1270. The molecule has 0 amide bonds. The lowest BCUT2D eigenvalue weighted by atomic mass is 9.98. The molecule has 21 nitrogen and oxygen atoms in total. The summed E-state index contributed by atoms with van der Waals surface area (Å²) in [6, 6.07) is 1.78. The van der Waals surface area contributed by atoms with E-state index in [0.29, 0.717) is 24.3 Å². The number of ether oxygens (including phenoxy) is 3. The number of nitro benzene ring substituents is 6. The molecule has 0 aromatic heterocycles. The summed E-state index contributed by atoms with van der Waals surface area (Å²) in [6.45, 7) is -0.364. The highest BCUT2D eigenvalue weighted by atomic mass is 16.7. The standard InChI is InChI=1S/C18H12N6O15/c25-19(26)7-1-9(21(29)30)15(10(2-7)22(31)32)17(13-5-37-13)39-18(14-6-38-14)16-11(23(33)34)3-8(20(27)28)4-12(16)24(35)36/h1-4,13-14,17-18H,5-6H2. The van der Waals surface area contributed by atoms with E-state index >= 15 is 0 Å². The van der Waals surface area contributed by atoms with E-state index in [1.54, 1.807) is 0 Å². The third kappa shape index (κ3) is 5.25. The van der Waals surface area contributed by atoms with Crippen molar-refractivity contribution >= 4 is 34.1 Å². The monoisotopic (exact) mass is 552 g/mol. The van der Waals surface area contributed by atoms with Crippen LogP contribution in [0.15, 0.2) is 24.3 Å². The molecule has 2 heterocycles. The van der Waals surface area contributed by atoms with Crippen LogP contribution in [0.5, 0.6) is 0 Å². The molecule has 0 bridgehead atoms. The Balaban J connectivity index is 1.94. The van der Waals surface area contributed by atoms with Gasteiger partial charge in [0.25, 0.3) is 34.1 Å².